The molecule has 2 fully saturated rings. The van der Waals surface area contributed by atoms with Gasteiger partial charge in [-0.3, -0.25) is 9.48 Å². The van der Waals surface area contributed by atoms with Crippen LogP contribution in [0.3, 0.4) is 0 Å². The van der Waals surface area contributed by atoms with Gasteiger partial charge in [0.1, 0.15) is 11.8 Å². The van der Waals surface area contributed by atoms with Crippen molar-refractivity contribution in [3.05, 3.63) is 54.0 Å². The minimum absolute atomic E-state index is 0.0470. The highest BCUT2D eigenvalue weighted by Crippen LogP contribution is 2.28. The molecule has 0 unspecified atom stereocenters. The molecule has 5 rings (SSSR count). The maximum absolute atomic E-state index is 15.1. The summed E-state index contributed by atoms with van der Waals surface area (Å²) in [6.07, 6.45) is 5.13. The molecule has 2 saturated heterocycles. The summed E-state index contributed by atoms with van der Waals surface area (Å²) in [5.41, 5.74) is 3.92. The van der Waals surface area contributed by atoms with E-state index in [9.17, 15) is 9.59 Å². The number of anilines is 2. The van der Waals surface area contributed by atoms with Crippen molar-refractivity contribution in [1.29, 1.82) is 0 Å². The number of rotatable bonds is 9. The molecule has 3 aromatic rings. The number of amides is 2. The second kappa shape index (κ2) is 13.5. The van der Waals surface area contributed by atoms with Crippen LogP contribution in [0.25, 0.3) is 11.3 Å². The van der Waals surface area contributed by atoms with Crippen molar-refractivity contribution in [2.24, 2.45) is 0 Å². The van der Waals surface area contributed by atoms with Crippen molar-refractivity contribution >= 4 is 23.6 Å². The van der Waals surface area contributed by atoms with Crippen LogP contribution in [0.1, 0.15) is 64.6 Å². The first-order valence-electron chi connectivity index (χ1n) is 15.6. The number of carbonyl (C=O) groups excluding carboxylic acids is 2. The molecule has 2 aliphatic rings. The molecule has 0 radical (unpaired) electrons. The minimum atomic E-state index is -1.28. The Morgan fingerprint density at radius 3 is 2.60 bits per heavy atom. The van der Waals surface area contributed by atoms with Crippen LogP contribution in [0.2, 0.25) is 0 Å². The molecule has 12 heteroatoms. The first kappa shape index (κ1) is 32.3. The molecular formula is C33H44FN7O4. The van der Waals surface area contributed by atoms with Crippen LogP contribution in [-0.2, 0) is 20.7 Å². The average Bonchev–Trinajstić information content (AvgIpc) is 3.41. The molecule has 4 heterocycles. The molecule has 2 amide bonds. The standard InChI is InChI=1S/C33H44FN7O4/c1-21(2)44-26-18-40(19-26)30(42)10-9-23-7-8-24(15-22(23)3)28-11-13-35-31(38-28)37-25-16-36-41(17-25)29-12-14-39(20-27(29)34)32(43)45-33(4,5)6/h7-8,11,13,15-17,21,26-27,29H,9-10,12,14,18-20H2,1-6H3,(H,35,37,38)/t27-,29-/m0/s1. The predicted octanol–water partition coefficient (Wildman–Crippen LogP) is 5.48. The molecule has 0 spiro atoms. The zero-order valence-corrected chi connectivity index (χ0v) is 27.0. The van der Waals surface area contributed by atoms with Gasteiger partial charge < -0.3 is 24.6 Å². The van der Waals surface area contributed by atoms with E-state index in [-0.39, 0.29) is 24.7 Å². The molecule has 11 nitrogen and oxygen atoms in total. The molecule has 0 saturated carbocycles. The Labute approximate surface area is 264 Å². The van der Waals surface area contributed by atoms with Crippen molar-refractivity contribution < 1.29 is 23.5 Å². The zero-order chi connectivity index (χ0) is 32.3. The fourth-order valence-corrected chi connectivity index (χ4v) is 5.62. The lowest BCUT2D eigenvalue weighted by Crippen LogP contribution is -2.55. The van der Waals surface area contributed by atoms with Crippen molar-refractivity contribution in [3.63, 3.8) is 0 Å². The predicted molar refractivity (Wildman–Crippen MR) is 169 cm³/mol. The Kier molecular flexibility index (Phi) is 9.71. The lowest BCUT2D eigenvalue weighted by molar-refractivity contribution is -0.148. The lowest BCUT2D eigenvalue weighted by atomic mass is 9.99. The zero-order valence-electron chi connectivity index (χ0n) is 27.0. The van der Waals surface area contributed by atoms with Gasteiger partial charge in [0.25, 0.3) is 0 Å². The second-order valence-corrected chi connectivity index (χ2v) is 13.1. The maximum atomic E-state index is 15.1. The van der Waals surface area contributed by atoms with Gasteiger partial charge in [0.05, 0.1) is 42.4 Å². The van der Waals surface area contributed by atoms with E-state index in [1.165, 1.54) is 4.90 Å². The number of aryl methyl sites for hydroxylation is 2. The number of nitrogens with zero attached hydrogens (tertiary/aromatic N) is 6. The Bertz CT molecular complexity index is 1500. The highest BCUT2D eigenvalue weighted by Gasteiger charge is 2.35. The fourth-order valence-electron chi connectivity index (χ4n) is 5.62. The number of alkyl halides is 1. The Morgan fingerprint density at radius 2 is 1.91 bits per heavy atom. The van der Waals surface area contributed by atoms with E-state index in [2.05, 4.69) is 32.5 Å². The number of piperidine rings is 1. The van der Waals surface area contributed by atoms with Crippen molar-refractivity contribution in [2.75, 3.05) is 31.5 Å². The summed E-state index contributed by atoms with van der Waals surface area (Å²) in [7, 11) is 0. The van der Waals surface area contributed by atoms with E-state index < -0.39 is 23.9 Å². The third kappa shape index (κ3) is 8.36. The van der Waals surface area contributed by atoms with Gasteiger partial charge in [0, 0.05) is 44.0 Å². The number of carbonyl (C=O) groups is 2. The van der Waals surface area contributed by atoms with Gasteiger partial charge >= 0.3 is 6.09 Å². The molecule has 2 atom stereocenters. The van der Waals surface area contributed by atoms with Crippen LogP contribution < -0.4 is 5.32 Å². The molecule has 2 aliphatic heterocycles. The minimum Gasteiger partial charge on any atom is -0.444 e. The van der Waals surface area contributed by atoms with Gasteiger partial charge in [0.2, 0.25) is 11.9 Å². The normalized spacial score (nSPS) is 19.0. The van der Waals surface area contributed by atoms with Crippen molar-refractivity contribution in [3.8, 4) is 11.3 Å². The summed E-state index contributed by atoms with van der Waals surface area (Å²) in [5.74, 6) is 0.551. The first-order valence-corrected chi connectivity index (χ1v) is 15.6. The van der Waals surface area contributed by atoms with Crippen LogP contribution in [0.15, 0.2) is 42.9 Å². The summed E-state index contributed by atoms with van der Waals surface area (Å²) in [6, 6.07) is 7.49. The average molecular weight is 622 g/mol. The number of benzene rings is 1. The van der Waals surface area contributed by atoms with Crippen LogP contribution in [0, 0.1) is 6.92 Å². The first-order chi connectivity index (χ1) is 21.3. The number of halogens is 1. The molecule has 242 valence electrons. The van der Waals surface area contributed by atoms with Crippen LogP contribution in [0.5, 0.6) is 0 Å². The summed E-state index contributed by atoms with van der Waals surface area (Å²) in [4.78, 5) is 37.3. The SMILES string of the molecule is Cc1cc(-c2ccnc(Nc3cnn([C@H]4CCN(C(=O)OC(C)(C)C)C[C@@H]4F)c3)n2)ccc1CCC(=O)N1CC(OC(C)C)C1. The fraction of sp³-hybridized carbons (Fsp3) is 0.545. The third-order valence-corrected chi connectivity index (χ3v) is 7.92. The highest BCUT2D eigenvalue weighted by molar-refractivity contribution is 5.77. The monoisotopic (exact) mass is 621 g/mol. The summed E-state index contributed by atoms with van der Waals surface area (Å²) in [5, 5.41) is 7.54. The van der Waals surface area contributed by atoms with Gasteiger partial charge in [-0.1, -0.05) is 12.1 Å². The molecule has 0 aliphatic carbocycles. The van der Waals surface area contributed by atoms with E-state index in [1.54, 1.807) is 44.0 Å². The number of aromatic nitrogens is 4. The van der Waals surface area contributed by atoms with Crippen LogP contribution in [-0.4, -0.2) is 91.7 Å². The van der Waals surface area contributed by atoms with Crippen molar-refractivity contribution in [1.82, 2.24) is 29.5 Å². The quantitative estimate of drug-likeness (QED) is 0.334. The molecule has 45 heavy (non-hydrogen) atoms. The molecule has 1 N–H and O–H groups in total. The molecule has 1 aromatic carbocycles. The Morgan fingerprint density at radius 1 is 1.13 bits per heavy atom. The number of likely N-dealkylation sites (tertiary alicyclic amines) is 2. The van der Waals surface area contributed by atoms with Gasteiger partial charge in [-0.05, 0) is 77.6 Å². The topological polar surface area (TPSA) is 115 Å². The van der Waals surface area contributed by atoms with Gasteiger partial charge in [-0.2, -0.15) is 5.10 Å². The molecular weight excluding hydrogens is 577 g/mol. The summed E-state index contributed by atoms with van der Waals surface area (Å²) >= 11 is 0. The third-order valence-electron chi connectivity index (χ3n) is 7.92. The van der Waals surface area contributed by atoms with Crippen LogP contribution in [0.4, 0.5) is 20.8 Å². The lowest BCUT2D eigenvalue weighted by Gasteiger charge is -2.40. The van der Waals surface area contributed by atoms with E-state index in [4.69, 9.17) is 9.47 Å². The van der Waals surface area contributed by atoms with E-state index in [0.717, 1.165) is 22.4 Å². The van der Waals surface area contributed by atoms with Gasteiger partial charge in [-0.15, -0.1) is 0 Å². The Balaban J connectivity index is 1.15. The number of ether oxygens (including phenoxy) is 2. The smallest absolute Gasteiger partial charge is 0.410 e. The van der Waals surface area contributed by atoms with E-state index in [0.29, 0.717) is 50.5 Å². The summed E-state index contributed by atoms with van der Waals surface area (Å²) in [6.45, 7) is 13.1. The maximum Gasteiger partial charge on any atom is 0.410 e. The highest BCUT2D eigenvalue weighted by atomic mass is 19.1. The number of hydrogen-bond acceptors (Lipinski definition) is 8. The second-order valence-electron chi connectivity index (χ2n) is 13.1. The number of nitrogens with one attached hydrogen (secondary N) is 1. The van der Waals surface area contributed by atoms with Gasteiger partial charge in [-0.25, -0.2) is 19.2 Å². The summed E-state index contributed by atoms with van der Waals surface area (Å²) < 4.78 is 27.9. The van der Waals surface area contributed by atoms with Crippen LogP contribution >= 0.6 is 0 Å². The molecule has 0 bridgehead atoms. The Hall–Kier alpha value is -4.06. The van der Waals surface area contributed by atoms with Crippen molar-refractivity contribution in [2.45, 2.75) is 90.8 Å². The van der Waals surface area contributed by atoms with E-state index in [1.807, 2.05) is 37.8 Å². The number of hydrogen-bond donors (Lipinski definition) is 1. The van der Waals surface area contributed by atoms with Gasteiger partial charge in [0.15, 0.2) is 0 Å². The largest absolute Gasteiger partial charge is 0.444 e. The van der Waals surface area contributed by atoms with E-state index >= 15 is 4.39 Å². The molecule has 2 aromatic heterocycles.